The van der Waals surface area contributed by atoms with Crippen molar-refractivity contribution in [3.63, 3.8) is 0 Å². The Balaban J connectivity index is 1.99. The minimum Gasteiger partial charge on any atom is -0.494 e. The van der Waals surface area contributed by atoms with Crippen LogP contribution in [-0.4, -0.2) is 12.4 Å². The van der Waals surface area contributed by atoms with Crippen LogP contribution < -0.4 is 10.5 Å². The van der Waals surface area contributed by atoms with Crippen LogP contribution in [0.5, 0.6) is 5.75 Å². The lowest BCUT2D eigenvalue weighted by Crippen LogP contribution is -2.02. The fraction of sp³-hybridized carbons (Fsp3) is 0.235. The topological polar surface area (TPSA) is 52.3 Å². The molecule has 0 fully saturated rings. The molecule has 0 aliphatic rings. The Hall–Kier alpha value is -2.29. The van der Waals surface area contributed by atoms with Crippen LogP contribution in [-0.2, 0) is 6.42 Å². The number of anilines is 1. The first-order chi connectivity index (χ1) is 9.69. The van der Waals surface area contributed by atoms with Gasteiger partial charge in [-0.2, -0.15) is 0 Å². The number of nitrogens with two attached hydrogens (primary N) is 1. The number of aryl methyl sites for hydroxylation is 1. The highest BCUT2D eigenvalue weighted by Gasteiger charge is 2.07. The van der Waals surface area contributed by atoms with Crippen molar-refractivity contribution in [3.8, 4) is 5.75 Å². The van der Waals surface area contributed by atoms with Gasteiger partial charge < -0.3 is 10.5 Å². The van der Waals surface area contributed by atoms with Crippen molar-refractivity contribution >= 4 is 11.5 Å². The van der Waals surface area contributed by atoms with E-state index in [1.165, 1.54) is 0 Å². The second kappa shape index (κ2) is 6.75. The summed E-state index contributed by atoms with van der Waals surface area (Å²) in [5.41, 5.74) is 8.23. The van der Waals surface area contributed by atoms with Crippen LogP contribution in [0.3, 0.4) is 0 Å². The zero-order chi connectivity index (χ0) is 14.4. The Bertz CT molecular complexity index is 593. The first-order valence-electron chi connectivity index (χ1n) is 6.79. The fourth-order valence-corrected chi connectivity index (χ4v) is 2.08. The Morgan fingerprint density at radius 3 is 2.70 bits per heavy atom. The summed E-state index contributed by atoms with van der Waals surface area (Å²) >= 11 is 0. The van der Waals surface area contributed by atoms with Gasteiger partial charge in [0.15, 0.2) is 5.78 Å². The third kappa shape index (κ3) is 3.85. The van der Waals surface area contributed by atoms with E-state index in [0.717, 1.165) is 17.0 Å². The van der Waals surface area contributed by atoms with Crippen LogP contribution >= 0.6 is 0 Å². The lowest BCUT2D eigenvalue weighted by molar-refractivity contribution is 0.0982. The number of hydrogen-bond donors (Lipinski definition) is 1. The smallest absolute Gasteiger partial charge is 0.163 e. The molecule has 0 bridgehead atoms. The molecule has 0 aliphatic heterocycles. The standard InChI is InChI=1S/C17H19NO2/c1-2-20-16-8-4-6-14(12-16)17(19)10-9-13-5-3-7-15(18)11-13/h3-8,11-12H,2,9-10,18H2,1H3. The lowest BCUT2D eigenvalue weighted by Gasteiger charge is -2.06. The highest BCUT2D eigenvalue weighted by Crippen LogP contribution is 2.16. The van der Waals surface area contributed by atoms with Gasteiger partial charge in [-0.3, -0.25) is 4.79 Å². The van der Waals surface area contributed by atoms with Gasteiger partial charge in [0.25, 0.3) is 0 Å². The number of rotatable bonds is 6. The maximum absolute atomic E-state index is 12.2. The highest BCUT2D eigenvalue weighted by molar-refractivity contribution is 5.96. The third-order valence-electron chi connectivity index (χ3n) is 3.06. The molecule has 2 rings (SSSR count). The number of benzene rings is 2. The summed E-state index contributed by atoms with van der Waals surface area (Å²) in [6, 6.07) is 15.0. The highest BCUT2D eigenvalue weighted by atomic mass is 16.5. The van der Waals surface area contributed by atoms with Crippen molar-refractivity contribution in [2.24, 2.45) is 0 Å². The van der Waals surface area contributed by atoms with Crippen LogP contribution in [0.2, 0.25) is 0 Å². The molecule has 0 atom stereocenters. The monoisotopic (exact) mass is 269 g/mol. The predicted octanol–water partition coefficient (Wildman–Crippen LogP) is 3.48. The summed E-state index contributed by atoms with van der Waals surface area (Å²) in [4.78, 5) is 12.2. The summed E-state index contributed by atoms with van der Waals surface area (Å²) in [6.45, 7) is 2.52. The van der Waals surface area contributed by atoms with Crippen molar-refractivity contribution in [2.75, 3.05) is 12.3 Å². The molecule has 104 valence electrons. The largest absolute Gasteiger partial charge is 0.494 e. The number of ketones is 1. The molecule has 0 radical (unpaired) electrons. The third-order valence-corrected chi connectivity index (χ3v) is 3.06. The molecule has 0 saturated carbocycles. The maximum Gasteiger partial charge on any atom is 0.163 e. The average molecular weight is 269 g/mol. The Morgan fingerprint density at radius 2 is 1.95 bits per heavy atom. The van der Waals surface area contributed by atoms with Gasteiger partial charge in [0.2, 0.25) is 0 Å². The summed E-state index contributed by atoms with van der Waals surface area (Å²) in [5, 5.41) is 0. The molecule has 2 aromatic rings. The normalized spacial score (nSPS) is 10.2. The van der Waals surface area contributed by atoms with E-state index in [4.69, 9.17) is 10.5 Å². The maximum atomic E-state index is 12.2. The Kier molecular flexibility index (Phi) is 4.77. The zero-order valence-electron chi connectivity index (χ0n) is 11.6. The SMILES string of the molecule is CCOc1cccc(C(=O)CCc2cccc(N)c2)c1. The first kappa shape index (κ1) is 14.1. The number of hydrogen-bond acceptors (Lipinski definition) is 3. The number of Topliss-reactive ketones (excluding diaryl/α,β-unsaturated/α-hetero) is 1. The van der Waals surface area contributed by atoms with E-state index in [2.05, 4.69) is 0 Å². The minimum absolute atomic E-state index is 0.119. The molecule has 2 aromatic carbocycles. The molecule has 3 heteroatoms. The number of nitrogen functional groups attached to an aromatic ring is 1. The second-order valence-electron chi connectivity index (χ2n) is 4.63. The van der Waals surface area contributed by atoms with Crippen molar-refractivity contribution in [2.45, 2.75) is 19.8 Å². The molecule has 0 spiro atoms. The van der Waals surface area contributed by atoms with Crippen LogP contribution in [0, 0.1) is 0 Å². The molecule has 0 unspecified atom stereocenters. The van der Waals surface area contributed by atoms with Gasteiger partial charge in [-0.1, -0.05) is 24.3 Å². The summed E-state index contributed by atoms with van der Waals surface area (Å²) in [6.07, 6.45) is 1.17. The molecular weight excluding hydrogens is 250 g/mol. The van der Waals surface area contributed by atoms with E-state index in [-0.39, 0.29) is 5.78 Å². The lowest BCUT2D eigenvalue weighted by atomic mass is 10.0. The molecule has 3 nitrogen and oxygen atoms in total. The van der Waals surface area contributed by atoms with E-state index in [9.17, 15) is 4.79 Å². The van der Waals surface area contributed by atoms with E-state index >= 15 is 0 Å². The first-order valence-corrected chi connectivity index (χ1v) is 6.79. The number of carbonyl (C=O) groups is 1. The molecule has 2 N–H and O–H groups in total. The molecule has 0 amide bonds. The zero-order valence-corrected chi connectivity index (χ0v) is 11.6. The van der Waals surface area contributed by atoms with Crippen molar-refractivity contribution in [1.82, 2.24) is 0 Å². The van der Waals surface area contributed by atoms with Crippen LogP contribution in [0.15, 0.2) is 48.5 Å². The number of carbonyl (C=O) groups excluding carboxylic acids is 1. The molecular formula is C17H19NO2. The van der Waals surface area contributed by atoms with Gasteiger partial charge in [0.1, 0.15) is 5.75 Å². The van der Waals surface area contributed by atoms with E-state index < -0.39 is 0 Å². The second-order valence-corrected chi connectivity index (χ2v) is 4.63. The van der Waals surface area contributed by atoms with E-state index in [0.29, 0.717) is 25.0 Å². The predicted molar refractivity (Wildman–Crippen MR) is 81.1 cm³/mol. The molecule has 0 saturated heterocycles. The van der Waals surface area contributed by atoms with Gasteiger partial charge in [-0.05, 0) is 43.2 Å². The summed E-state index contributed by atoms with van der Waals surface area (Å²) in [5.74, 6) is 0.858. The quantitative estimate of drug-likeness (QED) is 0.645. The fourth-order valence-electron chi connectivity index (χ4n) is 2.08. The van der Waals surface area contributed by atoms with Crippen LogP contribution in [0.4, 0.5) is 5.69 Å². The van der Waals surface area contributed by atoms with Gasteiger partial charge in [-0.15, -0.1) is 0 Å². The molecule has 0 heterocycles. The van der Waals surface area contributed by atoms with Crippen LogP contribution in [0.1, 0.15) is 29.3 Å². The van der Waals surface area contributed by atoms with Gasteiger partial charge >= 0.3 is 0 Å². The van der Waals surface area contributed by atoms with Gasteiger partial charge in [0.05, 0.1) is 6.61 Å². The van der Waals surface area contributed by atoms with Crippen molar-refractivity contribution in [3.05, 3.63) is 59.7 Å². The van der Waals surface area contributed by atoms with E-state index in [1.54, 1.807) is 6.07 Å². The van der Waals surface area contributed by atoms with E-state index in [1.807, 2.05) is 49.4 Å². The van der Waals surface area contributed by atoms with Gasteiger partial charge in [-0.25, -0.2) is 0 Å². The van der Waals surface area contributed by atoms with Crippen molar-refractivity contribution in [1.29, 1.82) is 0 Å². The Morgan fingerprint density at radius 1 is 1.15 bits per heavy atom. The summed E-state index contributed by atoms with van der Waals surface area (Å²) < 4.78 is 5.41. The number of ether oxygens (including phenoxy) is 1. The van der Waals surface area contributed by atoms with Crippen LogP contribution in [0.25, 0.3) is 0 Å². The average Bonchev–Trinajstić information content (AvgIpc) is 2.45. The molecule has 20 heavy (non-hydrogen) atoms. The van der Waals surface area contributed by atoms with Gasteiger partial charge in [0, 0.05) is 17.7 Å². The minimum atomic E-state index is 0.119. The summed E-state index contributed by atoms with van der Waals surface area (Å²) in [7, 11) is 0. The molecule has 0 aliphatic carbocycles. The van der Waals surface area contributed by atoms with Crippen molar-refractivity contribution < 1.29 is 9.53 Å². The molecule has 0 aromatic heterocycles. The Labute approximate surface area is 119 Å².